The van der Waals surface area contributed by atoms with Gasteiger partial charge in [0.1, 0.15) is 6.10 Å². The third-order valence-electron chi connectivity index (χ3n) is 3.47. The molecule has 1 unspecified atom stereocenters. The van der Waals surface area contributed by atoms with Crippen molar-refractivity contribution in [2.24, 2.45) is 0 Å². The van der Waals surface area contributed by atoms with Gasteiger partial charge in [0.2, 0.25) is 0 Å². The average Bonchev–Trinajstić information content (AvgIpc) is 2.37. The van der Waals surface area contributed by atoms with Gasteiger partial charge in [0.15, 0.2) is 0 Å². The van der Waals surface area contributed by atoms with Crippen LogP contribution in [-0.4, -0.2) is 31.0 Å². The standard InChI is InChI=1S/C16H26O3/c1-12-6-7-13(2)14(10-12)15(17)11-19-9-8-16(3,4)18-5/h6-7,10,15,17H,8-9,11H2,1-5H3. The van der Waals surface area contributed by atoms with Crippen LogP contribution in [0, 0.1) is 13.8 Å². The highest BCUT2D eigenvalue weighted by atomic mass is 16.5. The average molecular weight is 266 g/mol. The van der Waals surface area contributed by atoms with Crippen LogP contribution in [0.4, 0.5) is 0 Å². The second-order valence-electron chi connectivity index (χ2n) is 5.66. The monoisotopic (exact) mass is 266 g/mol. The van der Waals surface area contributed by atoms with E-state index in [1.165, 1.54) is 0 Å². The molecule has 0 saturated heterocycles. The Morgan fingerprint density at radius 2 is 1.95 bits per heavy atom. The van der Waals surface area contributed by atoms with Crippen LogP contribution in [0.1, 0.15) is 43.1 Å². The zero-order valence-electron chi connectivity index (χ0n) is 12.7. The highest BCUT2D eigenvalue weighted by Gasteiger charge is 2.16. The van der Waals surface area contributed by atoms with Gasteiger partial charge in [-0.15, -0.1) is 0 Å². The molecule has 0 aliphatic carbocycles. The Hall–Kier alpha value is -0.900. The van der Waals surface area contributed by atoms with Gasteiger partial charge < -0.3 is 14.6 Å². The van der Waals surface area contributed by atoms with Crippen molar-refractivity contribution in [3.63, 3.8) is 0 Å². The molecule has 0 aromatic heterocycles. The predicted octanol–water partition coefficient (Wildman–Crippen LogP) is 3.17. The van der Waals surface area contributed by atoms with Crippen molar-refractivity contribution in [3.05, 3.63) is 34.9 Å². The van der Waals surface area contributed by atoms with Crippen LogP contribution >= 0.6 is 0 Å². The molecule has 1 N–H and O–H groups in total. The Bertz CT molecular complexity index is 399. The van der Waals surface area contributed by atoms with E-state index in [-0.39, 0.29) is 5.60 Å². The minimum absolute atomic E-state index is 0.176. The predicted molar refractivity (Wildman–Crippen MR) is 77.4 cm³/mol. The van der Waals surface area contributed by atoms with Crippen LogP contribution < -0.4 is 0 Å². The lowest BCUT2D eigenvalue weighted by molar-refractivity contribution is -0.0249. The number of aliphatic hydroxyl groups is 1. The SMILES string of the molecule is COC(C)(C)CCOCC(O)c1cc(C)ccc1C. The lowest BCUT2D eigenvalue weighted by Gasteiger charge is -2.23. The summed E-state index contributed by atoms with van der Waals surface area (Å²) in [5.74, 6) is 0. The van der Waals surface area contributed by atoms with E-state index >= 15 is 0 Å². The molecule has 0 amide bonds. The van der Waals surface area contributed by atoms with E-state index in [1.807, 2.05) is 45.9 Å². The molecule has 1 atom stereocenters. The summed E-state index contributed by atoms with van der Waals surface area (Å²) in [6.45, 7) is 8.99. The largest absolute Gasteiger partial charge is 0.386 e. The maximum atomic E-state index is 10.2. The summed E-state index contributed by atoms with van der Waals surface area (Å²) in [5.41, 5.74) is 3.02. The van der Waals surface area contributed by atoms with E-state index in [4.69, 9.17) is 9.47 Å². The van der Waals surface area contributed by atoms with E-state index in [0.29, 0.717) is 13.2 Å². The van der Waals surface area contributed by atoms with Gasteiger partial charge >= 0.3 is 0 Å². The van der Waals surface area contributed by atoms with Gasteiger partial charge in [0.05, 0.1) is 12.2 Å². The summed E-state index contributed by atoms with van der Waals surface area (Å²) in [5, 5.41) is 10.2. The maximum absolute atomic E-state index is 10.2. The van der Waals surface area contributed by atoms with Gasteiger partial charge in [0, 0.05) is 13.7 Å². The number of hydrogen-bond donors (Lipinski definition) is 1. The summed E-state index contributed by atoms with van der Waals surface area (Å²) in [6.07, 6.45) is 0.244. The van der Waals surface area contributed by atoms with Crippen molar-refractivity contribution in [1.29, 1.82) is 0 Å². The Kier molecular flexibility index (Phi) is 5.98. The summed E-state index contributed by atoms with van der Waals surface area (Å²) in [7, 11) is 1.70. The van der Waals surface area contributed by atoms with Gasteiger partial charge in [-0.25, -0.2) is 0 Å². The molecule has 0 fully saturated rings. The molecule has 0 spiro atoms. The molecule has 0 aliphatic heterocycles. The number of aliphatic hydroxyl groups excluding tert-OH is 1. The van der Waals surface area contributed by atoms with Crippen LogP contribution in [0.25, 0.3) is 0 Å². The van der Waals surface area contributed by atoms with Crippen molar-refractivity contribution < 1.29 is 14.6 Å². The van der Waals surface area contributed by atoms with Crippen molar-refractivity contribution in [2.45, 2.75) is 45.8 Å². The molecule has 19 heavy (non-hydrogen) atoms. The Morgan fingerprint density at radius 1 is 1.26 bits per heavy atom. The fourth-order valence-corrected chi connectivity index (χ4v) is 1.82. The first-order valence-electron chi connectivity index (χ1n) is 6.74. The Balaban J connectivity index is 2.43. The molecule has 0 saturated carbocycles. The highest BCUT2D eigenvalue weighted by molar-refractivity contribution is 5.32. The van der Waals surface area contributed by atoms with E-state index < -0.39 is 6.10 Å². The molecule has 0 heterocycles. The first kappa shape index (κ1) is 16.2. The summed E-state index contributed by atoms with van der Waals surface area (Å²) < 4.78 is 10.9. The molecule has 0 radical (unpaired) electrons. The van der Waals surface area contributed by atoms with Crippen LogP contribution in [0.2, 0.25) is 0 Å². The second-order valence-corrected chi connectivity index (χ2v) is 5.66. The van der Waals surface area contributed by atoms with Gasteiger partial charge in [-0.2, -0.15) is 0 Å². The zero-order chi connectivity index (χ0) is 14.5. The van der Waals surface area contributed by atoms with Gasteiger partial charge in [0.25, 0.3) is 0 Å². The fraction of sp³-hybridized carbons (Fsp3) is 0.625. The smallest absolute Gasteiger partial charge is 0.103 e. The lowest BCUT2D eigenvalue weighted by Crippen LogP contribution is -2.25. The topological polar surface area (TPSA) is 38.7 Å². The quantitative estimate of drug-likeness (QED) is 0.770. The van der Waals surface area contributed by atoms with E-state index in [1.54, 1.807) is 7.11 Å². The van der Waals surface area contributed by atoms with Crippen molar-refractivity contribution in [1.82, 2.24) is 0 Å². The van der Waals surface area contributed by atoms with Gasteiger partial charge in [-0.3, -0.25) is 0 Å². The Labute approximate surface area is 116 Å². The minimum Gasteiger partial charge on any atom is -0.386 e. The molecule has 3 heteroatoms. The number of hydrogen-bond acceptors (Lipinski definition) is 3. The van der Waals surface area contributed by atoms with Gasteiger partial charge in [-0.1, -0.05) is 23.8 Å². The third-order valence-corrected chi connectivity index (χ3v) is 3.47. The maximum Gasteiger partial charge on any atom is 0.103 e. The normalized spacial score (nSPS) is 13.6. The lowest BCUT2D eigenvalue weighted by atomic mass is 10.0. The fourth-order valence-electron chi connectivity index (χ4n) is 1.82. The molecule has 1 rings (SSSR count). The number of methoxy groups -OCH3 is 1. The Morgan fingerprint density at radius 3 is 2.58 bits per heavy atom. The number of rotatable bonds is 7. The van der Waals surface area contributed by atoms with Crippen LogP contribution in [-0.2, 0) is 9.47 Å². The van der Waals surface area contributed by atoms with Crippen LogP contribution in [0.3, 0.4) is 0 Å². The molecular weight excluding hydrogens is 240 g/mol. The molecule has 3 nitrogen and oxygen atoms in total. The molecule has 108 valence electrons. The van der Waals surface area contributed by atoms with E-state index in [0.717, 1.165) is 23.1 Å². The highest BCUT2D eigenvalue weighted by Crippen LogP contribution is 2.20. The minimum atomic E-state index is -0.564. The van der Waals surface area contributed by atoms with Crippen molar-refractivity contribution in [3.8, 4) is 0 Å². The molecule has 1 aromatic rings. The number of benzene rings is 1. The first-order chi connectivity index (χ1) is 8.85. The summed E-state index contributed by atoms with van der Waals surface area (Å²) in [4.78, 5) is 0. The molecule has 0 bridgehead atoms. The van der Waals surface area contributed by atoms with E-state index in [9.17, 15) is 5.11 Å². The number of aryl methyl sites for hydroxylation is 2. The molecule has 0 aliphatic rings. The first-order valence-corrected chi connectivity index (χ1v) is 6.74. The van der Waals surface area contributed by atoms with Crippen molar-refractivity contribution >= 4 is 0 Å². The summed E-state index contributed by atoms with van der Waals surface area (Å²) in [6, 6.07) is 6.10. The van der Waals surface area contributed by atoms with Crippen molar-refractivity contribution in [2.75, 3.05) is 20.3 Å². The van der Waals surface area contributed by atoms with Crippen LogP contribution in [0.15, 0.2) is 18.2 Å². The molecular formula is C16H26O3. The third kappa shape index (κ3) is 5.31. The summed E-state index contributed by atoms with van der Waals surface area (Å²) >= 11 is 0. The second kappa shape index (κ2) is 7.04. The van der Waals surface area contributed by atoms with E-state index in [2.05, 4.69) is 0 Å². The molecule has 1 aromatic carbocycles. The van der Waals surface area contributed by atoms with Gasteiger partial charge in [-0.05, 0) is 45.2 Å². The van der Waals surface area contributed by atoms with Crippen LogP contribution in [0.5, 0.6) is 0 Å². The zero-order valence-corrected chi connectivity index (χ0v) is 12.7. The number of ether oxygens (including phenoxy) is 2.